The maximum Gasteiger partial charge on any atom is 0.127 e. The lowest BCUT2D eigenvalue weighted by atomic mass is 9.93. The van der Waals surface area contributed by atoms with Gasteiger partial charge in [0.2, 0.25) is 0 Å². The highest BCUT2D eigenvalue weighted by molar-refractivity contribution is 9.10. The van der Waals surface area contributed by atoms with Gasteiger partial charge in [0.05, 0.1) is 6.61 Å². The molecule has 0 amide bonds. The van der Waals surface area contributed by atoms with Crippen molar-refractivity contribution in [3.8, 4) is 11.5 Å². The number of ether oxygens (including phenoxy) is 1. The largest absolute Gasteiger partial charge is 0.508 e. The van der Waals surface area contributed by atoms with E-state index in [2.05, 4.69) is 21.2 Å². The molecule has 4 rings (SSSR count). The van der Waals surface area contributed by atoms with Crippen LogP contribution < -0.4 is 10.1 Å². The van der Waals surface area contributed by atoms with Crippen molar-refractivity contribution in [3.63, 3.8) is 0 Å². The second kappa shape index (κ2) is 9.61. The zero-order valence-electron chi connectivity index (χ0n) is 16.8. The van der Waals surface area contributed by atoms with E-state index in [0.717, 1.165) is 32.6 Å². The molecule has 0 saturated heterocycles. The van der Waals surface area contributed by atoms with E-state index in [1.54, 1.807) is 18.2 Å². The molecule has 0 radical (unpaired) electrons. The Hall–Kier alpha value is -2.05. The van der Waals surface area contributed by atoms with E-state index in [9.17, 15) is 5.11 Å². The fraction of sp³-hybridized carbons (Fsp3) is 0.208. The van der Waals surface area contributed by atoms with E-state index in [1.165, 1.54) is 0 Å². The van der Waals surface area contributed by atoms with Gasteiger partial charge in [-0.2, -0.15) is 0 Å². The fourth-order valence-corrected chi connectivity index (χ4v) is 4.57. The minimum Gasteiger partial charge on any atom is -0.508 e. The summed E-state index contributed by atoms with van der Waals surface area (Å²) in [5, 5.41) is 15.2. The number of aliphatic imine (C=N–C) groups is 1. The molecule has 3 aromatic rings. The predicted molar refractivity (Wildman–Crippen MR) is 130 cm³/mol. The maximum absolute atomic E-state index is 10.5. The molecule has 0 bridgehead atoms. The van der Waals surface area contributed by atoms with E-state index in [0.29, 0.717) is 23.1 Å². The molecule has 0 aromatic heterocycles. The molecule has 3 aromatic carbocycles. The second-order valence-corrected chi connectivity index (χ2v) is 8.99. The van der Waals surface area contributed by atoms with Gasteiger partial charge in [-0.1, -0.05) is 45.2 Å². The minimum absolute atomic E-state index is 0.159. The fourth-order valence-electron chi connectivity index (χ4n) is 3.68. The molecule has 0 fully saturated rings. The first kappa shape index (κ1) is 22.2. The highest BCUT2D eigenvalue weighted by atomic mass is 79.9. The van der Waals surface area contributed by atoms with E-state index >= 15 is 0 Å². The molecule has 1 heterocycles. The molecular formula is C24H21BrCl2N2O2. The number of benzene rings is 3. The average molecular weight is 520 g/mol. The topological polar surface area (TPSA) is 53.8 Å². The number of nitrogens with one attached hydrogen (secondary N) is 1. The van der Waals surface area contributed by atoms with Crippen LogP contribution >= 0.6 is 39.1 Å². The molecule has 1 aliphatic heterocycles. The zero-order chi connectivity index (χ0) is 22.0. The van der Waals surface area contributed by atoms with Crippen molar-refractivity contribution in [2.24, 2.45) is 4.99 Å². The highest BCUT2D eigenvalue weighted by Crippen LogP contribution is 2.37. The summed E-state index contributed by atoms with van der Waals surface area (Å²) in [7, 11) is 0. The summed E-state index contributed by atoms with van der Waals surface area (Å²) in [5.41, 5.74) is 3.54. The standard InChI is InChI=1S/C24H21BrCl2N2O2/c1-2-31-17-7-3-14(4-8-17)21-13-22(19-11-15(25)5-10-23(19)30)29-24(28-21)18-9-6-16(26)12-20(18)27/h3-12,22,24,29-30H,2,13H2,1H3/t22-,24-/m1/s1. The molecule has 0 spiro atoms. The Bertz CT molecular complexity index is 1120. The predicted octanol–water partition coefficient (Wildman–Crippen LogP) is 7.08. The summed E-state index contributed by atoms with van der Waals surface area (Å²) in [6, 6.07) is 18.6. The Kier molecular flexibility index (Phi) is 6.87. The smallest absolute Gasteiger partial charge is 0.127 e. The van der Waals surface area contributed by atoms with E-state index in [1.807, 2.05) is 49.4 Å². The van der Waals surface area contributed by atoms with E-state index in [4.69, 9.17) is 32.9 Å². The normalized spacial score (nSPS) is 18.5. The van der Waals surface area contributed by atoms with E-state index in [-0.39, 0.29) is 18.0 Å². The van der Waals surface area contributed by atoms with Crippen LogP contribution in [0.5, 0.6) is 11.5 Å². The SMILES string of the molecule is CCOc1ccc(C2=N[C@@H](c3ccc(Cl)cc3Cl)N[C@@H](c3cc(Br)ccc3O)C2)cc1. The van der Waals surface area contributed by atoms with Crippen LogP contribution in [0.3, 0.4) is 0 Å². The number of hydrogen-bond donors (Lipinski definition) is 2. The van der Waals surface area contributed by atoms with Gasteiger partial charge >= 0.3 is 0 Å². The average Bonchev–Trinajstić information content (AvgIpc) is 2.76. The molecule has 0 saturated carbocycles. The molecule has 0 aliphatic carbocycles. The minimum atomic E-state index is -0.386. The van der Waals surface area contributed by atoms with Crippen LogP contribution in [-0.2, 0) is 0 Å². The van der Waals surface area contributed by atoms with Crippen LogP contribution in [0.2, 0.25) is 10.0 Å². The molecule has 31 heavy (non-hydrogen) atoms. The zero-order valence-corrected chi connectivity index (χ0v) is 19.9. The van der Waals surface area contributed by atoms with Gasteiger partial charge in [-0.3, -0.25) is 10.3 Å². The van der Waals surface area contributed by atoms with Gasteiger partial charge in [0, 0.05) is 43.8 Å². The lowest BCUT2D eigenvalue weighted by Crippen LogP contribution is -2.33. The van der Waals surface area contributed by atoms with Gasteiger partial charge < -0.3 is 9.84 Å². The first-order valence-corrected chi connectivity index (χ1v) is 11.5. The van der Waals surface area contributed by atoms with Crippen LogP contribution in [0.4, 0.5) is 0 Å². The molecule has 2 N–H and O–H groups in total. The summed E-state index contributed by atoms with van der Waals surface area (Å²) in [6.45, 7) is 2.58. The van der Waals surface area contributed by atoms with Crippen LogP contribution in [0.15, 0.2) is 70.1 Å². The second-order valence-electron chi connectivity index (χ2n) is 7.23. The molecule has 160 valence electrons. The quantitative estimate of drug-likeness (QED) is 0.378. The van der Waals surface area contributed by atoms with Gasteiger partial charge in [0.1, 0.15) is 17.7 Å². The van der Waals surface area contributed by atoms with Crippen molar-refractivity contribution < 1.29 is 9.84 Å². The van der Waals surface area contributed by atoms with Gasteiger partial charge in [0.25, 0.3) is 0 Å². The lowest BCUT2D eigenvalue weighted by molar-refractivity contribution is 0.340. The number of aromatic hydroxyl groups is 1. The van der Waals surface area contributed by atoms with Gasteiger partial charge in [-0.05, 0) is 67.1 Å². The Morgan fingerprint density at radius 1 is 1.06 bits per heavy atom. The highest BCUT2D eigenvalue weighted by Gasteiger charge is 2.29. The number of halogens is 3. The van der Waals surface area contributed by atoms with Crippen molar-refractivity contribution in [2.75, 3.05) is 6.61 Å². The molecule has 0 unspecified atom stereocenters. The van der Waals surface area contributed by atoms with E-state index < -0.39 is 0 Å². The molecule has 2 atom stereocenters. The maximum atomic E-state index is 10.5. The summed E-state index contributed by atoms with van der Waals surface area (Å²) in [5.74, 6) is 1.05. The third-order valence-electron chi connectivity index (χ3n) is 5.16. The molecule has 7 heteroatoms. The number of rotatable bonds is 5. The Labute approximate surface area is 200 Å². The van der Waals surface area contributed by atoms with Gasteiger partial charge in [-0.15, -0.1) is 0 Å². The summed E-state index contributed by atoms with van der Waals surface area (Å²) in [4.78, 5) is 4.96. The third-order valence-corrected chi connectivity index (χ3v) is 6.22. The Morgan fingerprint density at radius 2 is 1.84 bits per heavy atom. The summed E-state index contributed by atoms with van der Waals surface area (Å²) >= 11 is 16.1. The molecular weight excluding hydrogens is 499 g/mol. The van der Waals surface area contributed by atoms with Crippen molar-refractivity contribution in [1.82, 2.24) is 5.32 Å². The van der Waals surface area contributed by atoms with Crippen molar-refractivity contribution in [2.45, 2.75) is 25.6 Å². The monoisotopic (exact) mass is 518 g/mol. The van der Waals surface area contributed by atoms with Gasteiger partial charge in [-0.25, -0.2) is 0 Å². The van der Waals surface area contributed by atoms with Crippen molar-refractivity contribution in [3.05, 3.63) is 91.9 Å². The third kappa shape index (κ3) is 5.07. The summed E-state index contributed by atoms with van der Waals surface area (Å²) in [6.07, 6.45) is 0.225. The molecule has 4 nitrogen and oxygen atoms in total. The first-order valence-electron chi connectivity index (χ1n) is 9.94. The van der Waals surface area contributed by atoms with Crippen LogP contribution in [0.1, 0.15) is 42.2 Å². The number of phenols is 1. The van der Waals surface area contributed by atoms with Crippen LogP contribution in [-0.4, -0.2) is 17.4 Å². The number of phenolic OH excluding ortho intramolecular Hbond substituents is 1. The Balaban J connectivity index is 1.75. The van der Waals surface area contributed by atoms with Gasteiger partial charge in [0.15, 0.2) is 0 Å². The van der Waals surface area contributed by atoms with Crippen LogP contribution in [0, 0.1) is 0 Å². The first-order chi connectivity index (χ1) is 14.9. The summed E-state index contributed by atoms with van der Waals surface area (Å²) < 4.78 is 6.46. The van der Waals surface area contributed by atoms with Crippen molar-refractivity contribution >= 4 is 44.8 Å². The Morgan fingerprint density at radius 3 is 2.55 bits per heavy atom. The molecule has 1 aliphatic rings. The lowest BCUT2D eigenvalue weighted by Gasteiger charge is -2.31. The van der Waals surface area contributed by atoms with Crippen LogP contribution in [0.25, 0.3) is 0 Å². The van der Waals surface area contributed by atoms with Crippen molar-refractivity contribution in [1.29, 1.82) is 0 Å². The number of nitrogens with zero attached hydrogens (tertiary/aromatic N) is 1. The number of hydrogen-bond acceptors (Lipinski definition) is 4.